The second kappa shape index (κ2) is 11.8. The molecule has 0 spiro atoms. The maximum absolute atomic E-state index is 13.0. The van der Waals surface area contributed by atoms with Gasteiger partial charge in [0.05, 0.1) is 37.9 Å². The van der Waals surface area contributed by atoms with Gasteiger partial charge in [-0.1, -0.05) is 12.7 Å². The number of amides is 1. The highest BCUT2D eigenvalue weighted by molar-refractivity contribution is 7.86. The molecule has 7 N–H and O–H groups in total. The molecule has 0 saturated heterocycles. The zero-order chi connectivity index (χ0) is 31.6. The van der Waals surface area contributed by atoms with Crippen molar-refractivity contribution in [2.45, 2.75) is 9.79 Å². The summed E-state index contributed by atoms with van der Waals surface area (Å²) in [7, 11) is -9.08. The van der Waals surface area contributed by atoms with Crippen LogP contribution in [0.5, 0.6) is 0 Å². The third-order valence-electron chi connectivity index (χ3n) is 5.50. The van der Waals surface area contributed by atoms with Crippen molar-refractivity contribution in [2.75, 3.05) is 5.01 Å². The zero-order valence-electron chi connectivity index (χ0n) is 20.9. The molecule has 1 heterocycles. The molecule has 0 bridgehead atoms. The first-order chi connectivity index (χ1) is 19.4. The van der Waals surface area contributed by atoms with Crippen LogP contribution in [0.3, 0.4) is 0 Å². The van der Waals surface area contributed by atoms with Crippen molar-refractivity contribution in [3.63, 3.8) is 0 Å². The molecule has 0 radical (unpaired) electrons. The smallest absolute Gasteiger partial charge is 0.354 e. The zero-order valence-corrected chi connectivity index (χ0v) is 22.5. The summed E-state index contributed by atoms with van der Waals surface area (Å²) in [6, 6.07) is 8.17. The molecule has 0 aliphatic rings. The summed E-state index contributed by atoms with van der Waals surface area (Å²) in [6.45, 7) is 3.31. The predicted molar refractivity (Wildman–Crippen MR) is 145 cm³/mol. The number of carboxylic acids is 2. The number of nitrogens with two attached hydrogens (primary N) is 1. The lowest BCUT2D eigenvalue weighted by Crippen LogP contribution is -2.39. The molecule has 220 valence electrons. The van der Waals surface area contributed by atoms with E-state index in [4.69, 9.17) is 14.9 Å². The Labute approximate surface area is 236 Å². The van der Waals surface area contributed by atoms with E-state index in [1.54, 1.807) is 0 Å². The Morgan fingerprint density at radius 1 is 0.905 bits per heavy atom. The number of hydrazine groups is 1. The minimum Gasteiger partial charge on any atom is -0.478 e. The fraction of sp³-hybridized carbons (Fsp3) is 0. The van der Waals surface area contributed by atoms with Crippen LogP contribution in [0.1, 0.15) is 16.1 Å². The lowest BCUT2D eigenvalue weighted by Gasteiger charge is -2.18. The number of benzene rings is 2. The first kappa shape index (κ1) is 31.4. The Hall–Kier alpha value is -5.14. The van der Waals surface area contributed by atoms with Gasteiger partial charge in [0.1, 0.15) is 0 Å². The second-order valence-electron chi connectivity index (χ2n) is 8.18. The molecule has 1 amide bonds. The van der Waals surface area contributed by atoms with Gasteiger partial charge >= 0.3 is 11.9 Å². The average Bonchev–Trinajstić information content (AvgIpc) is 3.25. The number of nitrogens with zero attached hydrogens (tertiary/aromatic N) is 2. The molecular weight excluding hydrogens is 600 g/mol. The maximum Gasteiger partial charge on any atom is 0.354 e. The number of carbonyl (C=O) groups excluding carboxylic acids is 1. The van der Waals surface area contributed by atoms with Crippen LogP contribution in [-0.2, 0) is 29.8 Å². The van der Waals surface area contributed by atoms with Crippen molar-refractivity contribution in [3.05, 3.63) is 100 Å². The summed E-state index contributed by atoms with van der Waals surface area (Å²) >= 11 is 0. The summed E-state index contributed by atoms with van der Waals surface area (Å²) in [5, 5.41) is 21.8. The van der Waals surface area contributed by atoms with E-state index in [9.17, 15) is 46.2 Å². The number of hydrogen-bond acceptors (Lipinski definition) is 9. The van der Waals surface area contributed by atoms with E-state index in [-0.39, 0.29) is 11.4 Å². The summed E-state index contributed by atoms with van der Waals surface area (Å²) in [5.74, 6) is 1.46. The number of rotatable bonds is 10. The lowest BCUT2D eigenvalue weighted by atomic mass is 10.1. The molecule has 0 saturated carbocycles. The van der Waals surface area contributed by atoms with Gasteiger partial charge < -0.3 is 10.2 Å². The number of aromatic carboxylic acids is 1. The van der Waals surface area contributed by atoms with E-state index >= 15 is 0 Å². The highest BCUT2D eigenvalue weighted by Crippen LogP contribution is 2.20. The number of carbonyl (C=O) groups is 3. The Bertz CT molecular complexity index is 1930. The van der Waals surface area contributed by atoms with Crippen LogP contribution < -0.4 is 16.4 Å². The number of carboxylic acid groups (broad SMARTS) is 2. The van der Waals surface area contributed by atoms with Gasteiger partial charge in [-0.2, -0.15) is 16.8 Å². The van der Waals surface area contributed by atoms with Gasteiger partial charge in [0, 0.05) is 0 Å². The van der Waals surface area contributed by atoms with Crippen molar-refractivity contribution in [2.24, 2.45) is 5.84 Å². The molecule has 3 aromatic rings. The molecule has 0 unspecified atom stereocenters. The fourth-order valence-electron chi connectivity index (χ4n) is 3.40. The predicted octanol–water partition coefficient (Wildman–Crippen LogP) is 0.845. The second-order valence-corrected chi connectivity index (χ2v) is 11.0. The van der Waals surface area contributed by atoms with Crippen LogP contribution in [0.25, 0.3) is 11.8 Å². The molecular formula is C24H20N4O12S2. The third kappa shape index (κ3) is 6.77. The van der Waals surface area contributed by atoms with Gasteiger partial charge in [0.2, 0.25) is 0 Å². The Kier molecular flexibility index (Phi) is 8.79. The number of aromatic nitrogens is 2. The quantitative estimate of drug-likeness (QED) is 0.0459. The average molecular weight is 621 g/mol. The molecule has 0 aliphatic carbocycles. The maximum atomic E-state index is 13.0. The van der Waals surface area contributed by atoms with E-state index in [0.29, 0.717) is 5.01 Å². The Morgan fingerprint density at radius 2 is 1.40 bits per heavy atom. The number of aromatic amines is 1. The monoisotopic (exact) mass is 620 g/mol. The molecule has 0 fully saturated rings. The SMILES string of the molecule is C=C(C(=O)O)/C(=C\C=C\c1c(C(=O)O)[nH]n(-c2ccc(S(=O)(=O)O)cc2)c1=O)C(=O)N(N)c1ccc(S(=O)(=O)O)cc1. The number of hydrogen-bond donors (Lipinski definition) is 6. The van der Waals surface area contributed by atoms with Gasteiger partial charge in [-0.15, -0.1) is 0 Å². The molecule has 16 nitrogen and oxygen atoms in total. The number of nitrogens with one attached hydrogen (secondary N) is 1. The highest BCUT2D eigenvalue weighted by atomic mass is 32.2. The minimum absolute atomic E-state index is 0.000922. The summed E-state index contributed by atoms with van der Waals surface area (Å²) in [6.07, 6.45) is 2.84. The topological polar surface area (TPSA) is 267 Å². The number of anilines is 1. The van der Waals surface area contributed by atoms with Crippen LogP contribution in [-0.4, -0.2) is 63.8 Å². The van der Waals surface area contributed by atoms with Gasteiger partial charge in [0.25, 0.3) is 31.7 Å². The van der Waals surface area contributed by atoms with E-state index in [2.05, 4.69) is 11.7 Å². The first-order valence-corrected chi connectivity index (χ1v) is 14.0. The van der Waals surface area contributed by atoms with Crippen molar-refractivity contribution < 1.29 is 50.5 Å². The van der Waals surface area contributed by atoms with Crippen LogP contribution in [0, 0.1) is 0 Å². The first-order valence-electron chi connectivity index (χ1n) is 11.1. The standard InChI is InChI=1S/C24H20N4O12S2/c1-13(23(31)32)18(21(29)27(25)14-5-9-16(10-6-14)41(35,36)37)3-2-4-19-20(24(33)34)26-28(22(19)30)15-7-11-17(12-8-15)42(38,39)40/h2-12,26H,1,25H2,(H,31,32)(H,33,34)(H,35,36,37)(H,38,39,40)/b4-2+,18-3+. The fourth-order valence-corrected chi connectivity index (χ4v) is 4.36. The molecule has 2 aromatic carbocycles. The van der Waals surface area contributed by atoms with Crippen molar-refractivity contribution in [1.29, 1.82) is 0 Å². The van der Waals surface area contributed by atoms with Crippen LogP contribution in [0.15, 0.2) is 93.0 Å². The molecule has 0 aliphatic heterocycles. The number of H-pyrrole nitrogens is 1. The Balaban J connectivity index is 2.02. The van der Waals surface area contributed by atoms with Gasteiger partial charge in [-0.3, -0.25) is 23.8 Å². The molecule has 1 aromatic heterocycles. The normalized spacial score (nSPS) is 12.3. The van der Waals surface area contributed by atoms with Gasteiger partial charge in [-0.05, 0) is 60.7 Å². The molecule has 42 heavy (non-hydrogen) atoms. The van der Waals surface area contributed by atoms with Crippen LogP contribution >= 0.6 is 0 Å². The summed E-state index contributed by atoms with van der Waals surface area (Å²) in [4.78, 5) is 48.4. The Morgan fingerprint density at radius 3 is 1.86 bits per heavy atom. The summed E-state index contributed by atoms with van der Waals surface area (Å²) in [5.41, 5.74) is -3.45. The molecule has 3 rings (SSSR count). The van der Waals surface area contributed by atoms with Gasteiger partial charge in [-0.25, -0.2) is 25.1 Å². The lowest BCUT2D eigenvalue weighted by molar-refractivity contribution is -0.132. The minimum atomic E-state index is -4.54. The van der Waals surface area contributed by atoms with Crippen molar-refractivity contribution in [1.82, 2.24) is 9.78 Å². The van der Waals surface area contributed by atoms with Crippen molar-refractivity contribution in [3.8, 4) is 5.69 Å². The third-order valence-corrected chi connectivity index (χ3v) is 7.24. The highest BCUT2D eigenvalue weighted by Gasteiger charge is 2.24. The number of allylic oxidation sites excluding steroid dienone is 2. The van der Waals surface area contributed by atoms with E-state index in [1.165, 1.54) is 0 Å². The van der Waals surface area contributed by atoms with E-state index < -0.39 is 75.8 Å². The van der Waals surface area contributed by atoms with Crippen LogP contribution in [0.4, 0.5) is 5.69 Å². The van der Waals surface area contributed by atoms with E-state index in [0.717, 1.165) is 71.4 Å². The van der Waals surface area contributed by atoms with E-state index in [1.807, 2.05) is 0 Å². The largest absolute Gasteiger partial charge is 0.478 e. The summed E-state index contributed by atoms with van der Waals surface area (Å²) < 4.78 is 64.0. The van der Waals surface area contributed by atoms with Crippen molar-refractivity contribution >= 4 is 49.8 Å². The molecule has 0 atom stereocenters. The van der Waals surface area contributed by atoms with Gasteiger partial charge in [0.15, 0.2) is 5.69 Å². The van der Waals surface area contributed by atoms with Crippen LogP contribution in [0.2, 0.25) is 0 Å². The molecule has 18 heteroatoms. The number of aliphatic carboxylic acids is 1.